The molecule has 0 radical (unpaired) electrons. The minimum atomic E-state index is -1.20. The monoisotopic (exact) mass is 450 g/mol. The molecule has 158 valence electrons. The van der Waals surface area contributed by atoms with Crippen LogP contribution < -0.4 is 15.8 Å². The number of hydrogen-bond donors (Lipinski definition) is 5. The number of carbonyl (C=O) groups excluding carboxylic acids is 2. The van der Waals surface area contributed by atoms with E-state index in [9.17, 15) is 14.7 Å². The number of aryl methyl sites for hydroxylation is 1. The number of benzene rings is 2. The van der Waals surface area contributed by atoms with Crippen molar-refractivity contribution in [2.75, 3.05) is 11.9 Å². The van der Waals surface area contributed by atoms with Crippen molar-refractivity contribution in [2.45, 2.75) is 18.5 Å². The zero-order valence-electron chi connectivity index (χ0n) is 15.8. The number of carbonyl (C=O) groups is 2. The van der Waals surface area contributed by atoms with Crippen LogP contribution >= 0.6 is 24.2 Å². The molecule has 0 spiro atoms. The van der Waals surface area contributed by atoms with Crippen LogP contribution in [-0.2, 0) is 0 Å². The maximum atomic E-state index is 13.1. The topological polar surface area (TPSA) is 135 Å². The minimum Gasteiger partial charge on any atom is -0.477 e. The van der Waals surface area contributed by atoms with Gasteiger partial charge in [0.2, 0.25) is 5.78 Å². The van der Waals surface area contributed by atoms with E-state index < -0.39 is 30.0 Å². The van der Waals surface area contributed by atoms with Gasteiger partial charge in [-0.3, -0.25) is 4.79 Å². The molecule has 0 saturated heterocycles. The highest BCUT2D eigenvalue weighted by Crippen LogP contribution is 2.35. The Hall–Kier alpha value is -2.72. The summed E-state index contributed by atoms with van der Waals surface area (Å²) >= 11 is 10.1. The second kappa shape index (κ2) is 8.97. The number of hydrogen-bond acceptors (Lipinski definition) is 7. The zero-order valence-corrected chi connectivity index (χ0v) is 17.4. The first-order valence-electron chi connectivity index (χ1n) is 8.78. The molecule has 2 aromatic carbocycles. The van der Waals surface area contributed by atoms with E-state index in [1.54, 1.807) is 25.1 Å². The van der Waals surface area contributed by atoms with Crippen molar-refractivity contribution in [3.8, 4) is 5.75 Å². The third kappa shape index (κ3) is 4.54. The number of rotatable bonds is 7. The molecule has 1 heterocycles. The molecule has 5 N–H and O–H groups in total. The number of aliphatic hydroxyl groups excluding tert-OH is 2. The molecule has 3 aromatic rings. The zero-order chi connectivity index (χ0) is 22.0. The van der Waals surface area contributed by atoms with Gasteiger partial charge in [0.05, 0.1) is 6.61 Å². The first kappa shape index (κ1) is 22.0. The van der Waals surface area contributed by atoms with E-state index in [-0.39, 0.29) is 22.8 Å². The van der Waals surface area contributed by atoms with Crippen molar-refractivity contribution < 1.29 is 29.0 Å². The van der Waals surface area contributed by atoms with Crippen molar-refractivity contribution >= 4 is 52.7 Å². The van der Waals surface area contributed by atoms with E-state index in [2.05, 4.69) is 17.9 Å². The van der Waals surface area contributed by atoms with E-state index >= 15 is 0 Å². The molecule has 2 atom stereocenters. The van der Waals surface area contributed by atoms with Crippen molar-refractivity contribution in [3.63, 3.8) is 0 Å². The van der Waals surface area contributed by atoms with Gasteiger partial charge in [-0.1, -0.05) is 17.7 Å². The van der Waals surface area contributed by atoms with Gasteiger partial charge in [-0.05, 0) is 36.8 Å². The second-order valence-electron chi connectivity index (χ2n) is 6.50. The number of fused-ring (bicyclic) bond motifs is 1. The number of primary amides is 1. The fourth-order valence-corrected chi connectivity index (χ4v) is 3.21. The van der Waals surface area contributed by atoms with E-state index in [0.717, 1.165) is 0 Å². The lowest BCUT2D eigenvalue weighted by Gasteiger charge is -2.17. The Labute approximate surface area is 182 Å². The lowest BCUT2D eigenvalue weighted by atomic mass is 10.0. The number of urea groups is 1. The Bertz CT molecular complexity index is 1120. The van der Waals surface area contributed by atoms with Crippen LogP contribution in [0.3, 0.4) is 0 Å². The molecule has 0 aliphatic heterocycles. The van der Waals surface area contributed by atoms with Crippen LogP contribution in [0.25, 0.3) is 11.0 Å². The third-order valence-electron chi connectivity index (χ3n) is 4.33. The molecule has 30 heavy (non-hydrogen) atoms. The minimum absolute atomic E-state index is 0.117. The molecule has 0 bridgehead atoms. The summed E-state index contributed by atoms with van der Waals surface area (Å²) in [7, 11) is 0. The summed E-state index contributed by atoms with van der Waals surface area (Å²) in [5.74, 6) is -0.336. The van der Waals surface area contributed by atoms with Gasteiger partial charge in [0, 0.05) is 22.0 Å². The van der Waals surface area contributed by atoms with E-state index in [4.69, 9.17) is 31.6 Å². The molecule has 0 aliphatic carbocycles. The second-order valence-corrected chi connectivity index (χ2v) is 7.45. The summed E-state index contributed by atoms with van der Waals surface area (Å²) in [6.07, 6.45) is -1.20. The summed E-state index contributed by atoms with van der Waals surface area (Å²) < 4.78 is 11.2. The average molecular weight is 451 g/mol. The van der Waals surface area contributed by atoms with Gasteiger partial charge in [-0.25, -0.2) is 4.79 Å². The first-order chi connectivity index (χ1) is 14.2. The van der Waals surface area contributed by atoms with Crippen molar-refractivity contribution in [2.24, 2.45) is 5.73 Å². The van der Waals surface area contributed by atoms with Crippen LogP contribution in [0.15, 0.2) is 40.8 Å². The predicted octanol–water partition coefficient (Wildman–Crippen LogP) is 3.10. The van der Waals surface area contributed by atoms with Crippen molar-refractivity contribution in [1.29, 1.82) is 0 Å². The highest BCUT2D eigenvalue weighted by molar-refractivity contribution is 7.80. The maximum absolute atomic E-state index is 13.1. The fraction of sp³-hybridized carbons (Fsp3) is 0.200. The SMILES string of the molecule is Cc1ccc(Cl)cc1C(=O)c1oc2cc(OC(S)C(O)CO)ccc2c1NC(N)=O. The largest absolute Gasteiger partial charge is 0.477 e. The Morgan fingerprint density at radius 2 is 2.03 bits per heavy atom. The van der Waals surface area contributed by atoms with Gasteiger partial charge < -0.3 is 30.4 Å². The third-order valence-corrected chi connectivity index (χ3v) is 5.02. The number of anilines is 1. The van der Waals surface area contributed by atoms with E-state index in [1.807, 2.05) is 0 Å². The van der Waals surface area contributed by atoms with Gasteiger partial charge in [0.1, 0.15) is 23.1 Å². The molecule has 2 unspecified atom stereocenters. The van der Waals surface area contributed by atoms with E-state index in [1.165, 1.54) is 18.2 Å². The van der Waals surface area contributed by atoms with Crippen LogP contribution in [0.1, 0.15) is 21.7 Å². The van der Waals surface area contributed by atoms with Crippen LogP contribution in [0.5, 0.6) is 5.75 Å². The quantitative estimate of drug-likeness (QED) is 0.213. The lowest BCUT2D eigenvalue weighted by Crippen LogP contribution is -2.29. The first-order valence-corrected chi connectivity index (χ1v) is 9.68. The summed E-state index contributed by atoms with van der Waals surface area (Å²) in [5.41, 5.74) is 5.62. The maximum Gasteiger partial charge on any atom is 0.316 e. The van der Waals surface area contributed by atoms with Gasteiger partial charge in [0.25, 0.3) is 0 Å². The lowest BCUT2D eigenvalue weighted by molar-refractivity contribution is 0.0393. The molecule has 3 rings (SSSR count). The van der Waals surface area contributed by atoms with Gasteiger partial charge >= 0.3 is 6.03 Å². The number of aliphatic hydroxyl groups is 2. The highest BCUT2D eigenvalue weighted by Gasteiger charge is 2.25. The highest BCUT2D eigenvalue weighted by atomic mass is 35.5. The van der Waals surface area contributed by atoms with Gasteiger partial charge in [-0.2, -0.15) is 0 Å². The number of ketones is 1. The number of nitrogens with two attached hydrogens (primary N) is 1. The molecule has 10 heteroatoms. The summed E-state index contributed by atoms with van der Waals surface area (Å²) in [4.78, 5) is 24.6. The Balaban J connectivity index is 2.07. The van der Waals surface area contributed by atoms with Gasteiger partial charge in [-0.15, -0.1) is 12.6 Å². The number of amides is 2. The number of thiol groups is 1. The predicted molar refractivity (Wildman–Crippen MR) is 116 cm³/mol. The Morgan fingerprint density at radius 1 is 1.30 bits per heavy atom. The van der Waals surface area contributed by atoms with Crippen LogP contribution in [0, 0.1) is 6.92 Å². The molecule has 2 amide bonds. The Kier molecular flexibility index (Phi) is 6.57. The van der Waals surface area contributed by atoms with Crippen molar-refractivity contribution in [3.05, 3.63) is 58.3 Å². The summed E-state index contributed by atoms with van der Waals surface area (Å²) in [5, 5.41) is 21.8. The number of furan rings is 1. The van der Waals surface area contributed by atoms with Crippen LogP contribution in [0.4, 0.5) is 10.5 Å². The Morgan fingerprint density at radius 3 is 2.70 bits per heavy atom. The number of ether oxygens (including phenoxy) is 1. The van der Waals surface area contributed by atoms with Crippen LogP contribution in [0.2, 0.25) is 5.02 Å². The molecule has 0 saturated carbocycles. The van der Waals surface area contributed by atoms with Crippen molar-refractivity contribution in [1.82, 2.24) is 0 Å². The molecule has 8 nitrogen and oxygen atoms in total. The summed E-state index contributed by atoms with van der Waals surface area (Å²) in [6, 6.07) is 8.57. The molecule has 0 aliphatic rings. The molecular weight excluding hydrogens is 432 g/mol. The van der Waals surface area contributed by atoms with Crippen LogP contribution in [-0.4, -0.2) is 40.2 Å². The number of nitrogens with one attached hydrogen (secondary N) is 1. The molecule has 0 fully saturated rings. The molecular formula is C20H19ClN2O6S. The standard InChI is InChI=1S/C20H19ClN2O6S/c1-9-2-3-10(21)6-13(9)17(26)18-16(23-20(22)27)12-5-4-11(7-15(12)29-18)28-19(30)14(25)8-24/h2-7,14,19,24-25,30H,8H2,1H3,(H3,22,23,27). The summed E-state index contributed by atoms with van der Waals surface area (Å²) in [6.45, 7) is 1.22. The normalized spacial score (nSPS) is 13.1. The molecule has 1 aromatic heterocycles. The average Bonchev–Trinajstić information content (AvgIpc) is 3.05. The van der Waals surface area contributed by atoms with Gasteiger partial charge in [0.15, 0.2) is 11.2 Å². The fourth-order valence-electron chi connectivity index (χ4n) is 2.83. The smallest absolute Gasteiger partial charge is 0.316 e. The van der Waals surface area contributed by atoms with E-state index in [0.29, 0.717) is 21.5 Å². The number of halogens is 1.